The molecular weight excluding hydrogens is 378 g/mol. The van der Waals surface area contributed by atoms with Gasteiger partial charge in [0.2, 0.25) is 0 Å². The summed E-state index contributed by atoms with van der Waals surface area (Å²) in [5.41, 5.74) is 1.39. The van der Waals surface area contributed by atoms with Gasteiger partial charge in [0.05, 0.1) is 15.0 Å². The number of carbonyl (C=O) groups is 1. The summed E-state index contributed by atoms with van der Waals surface area (Å²) >= 11 is 4.39. The number of thiophene rings is 1. The third kappa shape index (κ3) is 2.47. The summed E-state index contributed by atoms with van der Waals surface area (Å²) in [6.07, 6.45) is 0.584. The minimum Gasteiger partial charge on any atom is -0.478 e. The van der Waals surface area contributed by atoms with E-state index in [9.17, 15) is 13.2 Å². The molecule has 1 N–H and O–H groups in total. The van der Waals surface area contributed by atoms with Gasteiger partial charge in [0.15, 0.2) is 0 Å². The predicted octanol–water partition coefficient (Wildman–Crippen LogP) is 2.96. The maximum Gasteiger partial charge on any atom is 0.335 e. The van der Waals surface area contributed by atoms with Crippen molar-refractivity contribution in [3.05, 3.63) is 45.2 Å². The smallest absolute Gasteiger partial charge is 0.335 e. The summed E-state index contributed by atoms with van der Waals surface area (Å²) in [5, 5.41) is 9.05. The number of benzene rings is 1. The van der Waals surface area contributed by atoms with Gasteiger partial charge in [-0.1, -0.05) is 6.07 Å². The molecule has 0 fully saturated rings. The summed E-state index contributed by atoms with van der Waals surface area (Å²) in [5.74, 6) is -1.07. The molecule has 8 heteroatoms. The van der Waals surface area contributed by atoms with Crippen molar-refractivity contribution in [2.45, 2.75) is 10.6 Å². The Morgan fingerprint density at radius 2 is 2.05 bits per heavy atom. The van der Waals surface area contributed by atoms with Gasteiger partial charge in [0.25, 0.3) is 10.0 Å². The number of hydrogen-bond donors (Lipinski definition) is 1. The zero-order valence-electron chi connectivity index (χ0n) is 10.6. The molecule has 0 saturated heterocycles. The van der Waals surface area contributed by atoms with Crippen LogP contribution in [0.25, 0.3) is 0 Å². The Labute approximate surface area is 134 Å². The molecule has 2 aromatic rings. The molecule has 0 aliphatic carbocycles. The standard InChI is InChI=1S/C13H10BrNO4S2/c14-11-3-4-12(20-11)21(18,19)15-6-5-8-1-2-9(13(16)17)7-10(8)15/h1-4,7H,5-6H2,(H,16,17). The van der Waals surface area contributed by atoms with Crippen molar-refractivity contribution in [2.24, 2.45) is 0 Å². The lowest BCUT2D eigenvalue weighted by atomic mass is 10.1. The molecule has 0 atom stereocenters. The Bertz CT molecular complexity index is 828. The fraction of sp³-hybridized carbons (Fsp3) is 0.154. The van der Waals surface area contributed by atoms with Crippen molar-refractivity contribution in [3.8, 4) is 0 Å². The molecule has 110 valence electrons. The SMILES string of the molecule is O=C(O)c1ccc2c(c1)N(S(=O)(=O)c1ccc(Br)s1)CC2. The zero-order chi connectivity index (χ0) is 15.2. The highest BCUT2D eigenvalue weighted by molar-refractivity contribution is 9.11. The predicted molar refractivity (Wildman–Crippen MR) is 83.7 cm³/mol. The number of rotatable bonds is 3. The molecule has 1 aromatic carbocycles. The number of carboxylic acid groups (broad SMARTS) is 1. The Balaban J connectivity index is 2.08. The molecule has 1 aliphatic heterocycles. The number of hydrogen-bond acceptors (Lipinski definition) is 4. The topological polar surface area (TPSA) is 74.7 Å². The van der Waals surface area contributed by atoms with E-state index in [0.717, 1.165) is 20.7 Å². The summed E-state index contributed by atoms with van der Waals surface area (Å²) in [7, 11) is -3.64. The summed E-state index contributed by atoms with van der Waals surface area (Å²) in [6.45, 7) is 0.330. The zero-order valence-corrected chi connectivity index (χ0v) is 13.8. The number of nitrogens with zero attached hydrogens (tertiary/aromatic N) is 1. The van der Waals surface area contributed by atoms with E-state index < -0.39 is 16.0 Å². The number of sulfonamides is 1. The van der Waals surface area contributed by atoms with E-state index in [1.54, 1.807) is 18.2 Å². The molecule has 1 aromatic heterocycles. The molecule has 0 spiro atoms. The van der Waals surface area contributed by atoms with Crippen molar-refractivity contribution >= 4 is 48.9 Å². The molecule has 0 unspecified atom stereocenters. The first-order valence-electron chi connectivity index (χ1n) is 6.04. The van der Waals surface area contributed by atoms with Gasteiger partial charge in [-0.25, -0.2) is 13.2 Å². The van der Waals surface area contributed by atoms with Gasteiger partial charge in [-0.2, -0.15) is 0 Å². The van der Waals surface area contributed by atoms with E-state index in [4.69, 9.17) is 5.11 Å². The van der Waals surface area contributed by atoms with Crippen LogP contribution in [0.15, 0.2) is 38.3 Å². The summed E-state index contributed by atoms with van der Waals surface area (Å²) in [4.78, 5) is 11.1. The number of halogens is 1. The molecule has 0 saturated carbocycles. The Hall–Kier alpha value is -1.38. The van der Waals surface area contributed by atoms with Gasteiger partial charge in [0.1, 0.15) is 4.21 Å². The van der Waals surface area contributed by atoms with Gasteiger partial charge < -0.3 is 5.11 Å². The maximum atomic E-state index is 12.7. The van der Waals surface area contributed by atoms with Crippen molar-refractivity contribution in [1.82, 2.24) is 0 Å². The van der Waals surface area contributed by atoms with E-state index in [0.29, 0.717) is 18.7 Å². The highest BCUT2D eigenvalue weighted by atomic mass is 79.9. The van der Waals surface area contributed by atoms with E-state index in [1.807, 2.05) is 0 Å². The van der Waals surface area contributed by atoms with E-state index in [2.05, 4.69) is 15.9 Å². The van der Waals surface area contributed by atoms with Crippen LogP contribution in [0.1, 0.15) is 15.9 Å². The van der Waals surface area contributed by atoms with Crippen molar-refractivity contribution in [2.75, 3.05) is 10.8 Å². The van der Waals surface area contributed by atoms with Gasteiger partial charge in [-0.05, 0) is 52.2 Å². The lowest BCUT2D eigenvalue weighted by molar-refractivity contribution is 0.0697. The van der Waals surface area contributed by atoms with Gasteiger partial charge in [0, 0.05) is 6.54 Å². The molecule has 21 heavy (non-hydrogen) atoms. The van der Waals surface area contributed by atoms with Crippen LogP contribution in [0, 0.1) is 0 Å². The van der Waals surface area contributed by atoms with Crippen LogP contribution >= 0.6 is 27.3 Å². The van der Waals surface area contributed by atoms with Crippen LogP contribution in [-0.2, 0) is 16.4 Å². The molecule has 2 heterocycles. The van der Waals surface area contributed by atoms with Crippen molar-refractivity contribution < 1.29 is 18.3 Å². The molecule has 0 amide bonds. The van der Waals surface area contributed by atoms with E-state index in [-0.39, 0.29) is 9.77 Å². The first kappa shape index (κ1) is 14.6. The Kier molecular flexibility index (Phi) is 3.54. The van der Waals surface area contributed by atoms with Crippen LogP contribution in [0.3, 0.4) is 0 Å². The lowest BCUT2D eigenvalue weighted by Crippen LogP contribution is -2.28. The second-order valence-electron chi connectivity index (χ2n) is 4.53. The lowest BCUT2D eigenvalue weighted by Gasteiger charge is -2.18. The number of carboxylic acids is 1. The average molecular weight is 388 g/mol. The third-order valence-electron chi connectivity index (χ3n) is 3.28. The second kappa shape index (κ2) is 5.11. The number of fused-ring (bicyclic) bond motifs is 1. The highest BCUT2D eigenvalue weighted by Gasteiger charge is 2.32. The molecule has 1 aliphatic rings. The number of aromatic carboxylic acids is 1. The van der Waals surface area contributed by atoms with E-state index in [1.165, 1.54) is 16.4 Å². The van der Waals surface area contributed by atoms with Gasteiger partial charge in [-0.15, -0.1) is 11.3 Å². The first-order valence-corrected chi connectivity index (χ1v) is 9.09. The molecule has 0 bridgehead atoms. The number of anilines is 1. The Morgan fingerprint density at radius 3 is 2.67 bits per heavy atom. The normalized spacial score (nSPS) is 14.2. The summed E-state index contributed by atoms with van der Waals surface area (Å²) < 4.78 is 27.6. The monoisotopic (exact) mass is 387 g/mol. The Morgan fingerprint density at radius 1 is 1.29 bits per heavy atom. The highest BCUT2D eigenvalue weighted by Crippen LogP contribution is 2.36. The maximum absolute atomic E-state index is 12.7. The molecule has 3 rings (SSSR count). The molecule has 0 radical (unpaired) electrons. The van der Waals surface area contributed by atoms with E-state index >= 15 is 0 Å². The summed E-state index contributed by atoms with van der Waals surface area (Å²) in [6, 6.07) is 7.83. The molecular formula is C13H10BrNO4S2. The van der Waals surface area contributed by atoms with Crippen LogP contribution in [0.5, 0.6) is 0 Å². The minimum atomic E-state index is -3.64. The fourth-order valence-corrected chi connectivity index (χ4v) is 5.90. The van der Waals surface area contributed by atoms with Crippen LogP contribution in [0.2, 0.25) is 0 Å². The van der Waals surface area contributed by atoms with Crippen LogP contribution in [0.4, 0.5) is 5.69 Å². The quantitative estimate of drug-likeness (QED) is 0.878. The first-order chi connectivity index (χ1) is 9.89. The van der Waals surface area contributed by atoms with Gasteiger partial charge >= 0.3 is 5.97 Å². The minimum absolute atomic E-state index is 0.0863. The average Bonchev–Trinajstić information content (AvgIpc) is 3.04. The van der Waals surface area contributed by atoms with Crippen LogP contribution < -0.4 is 4.31 Å². The van der Waals surface area contributed by atoms with Gasteiger partial charge in [-0.3, -0.25) is 4.31 Å². The van der Waals surface area contributed by atoms with Crippen molar-refractivity contribution in [3.63, 3.8) is 0 Å². The second-order valence-corrected chi connectivity index (χ2v) is 9.09. The fourth-order valence-electron chi connectivity index (χ4n) is 2.28. The molecule has 5 nitrogen and oxygen atoms in total. The van der Waals surface area contributed by atoms with Crippen LogP contribution in [-0.4, -0.2) is 26.0 Å². The van der Waals surface area contributed by atoms with Crippen molar-refractivity contribution in [1.29, 1.82) is 0 Å². The third-order valence-corrected chi connectivity index (χ3v) is 7.18. The largest absolute Gasteiger partial charge is 0.478 e.